The van der Waals surface area contributed by atoms with Crippen LogP contribution in [0.25, 0.3) is 0 Å². The Labute approximate surface area is 114 Å². The average Bonchev–Trinajstić information content (AvgIpc) is 2.43. The van der Waals surface area contributed by atoms with Gasteiger partial charge in [-0.15, -0.1) is 0 Å². The van der Waals surface area contributed by atoms with Gasteiger partial charge in [-0.3, -0.25) is 0 Å². The van der Waals surface area contributed by atoms with Crippen LogP contribution in [0.2, 0.25) is 0 Å². The summed E-state index contributed by atoms with van der Waals surface area (Å²) in [7, 11) is 4.66. The van der Waals surface area contributed by atoms with Crippen LogP contribution in [0.5, 0.6) is 0 Å². The van der Waals surface area contributed by atoms with Crippen LogP contribution >= 0.6 is 0 Å². The standard InChI is InChI=1S/C15H21FO3/c1-11-6-7-13(16)10-14(11)15(18-4,19-5)9-8-12(2)17-3/h6-7,10H,2,8-9H2,1,3-5H3. The molecule has 1 aromatic carbocycles. The van der Waals surface area contributed by atoms with Crippen LogP contribution in [0.3, 0.4) is 0 Å². The summed E-state index contributed by atoms with van der Waals surface area (Å²) < 4.78 is 29.5. The normalized spacial score (nSPS) is 11.4. The summed E-state index contributed by atoms with van der Waals surface area (Å²) >= 11 is 0. The van der Waals surface area contributed by atoms with Gasteiger partial charge in [0.15, 0.2) is 5.79 Å². The van der Waals surface area contributed by atoms with Crippen LogP contribution in [-0.2, 0) is 20.0 Å². The maximum absolute atomic E-state index is 13.5. The van der Waals surface area contributed by atoms with Gasteiger partial charge in [-0.25, -0.2) is 4.39 Å². The van der Waals surface area contributed by atoms with Gasteiger partial charge in [0.25, 0.3) is 0 Å². The highest BCUT2D eigenvalue weighted by Gasteiger charge is 2.33. The Hall–Kier alpha value is -1.39. The lowest BCUT2D eigenvalue weighted by atomic mass is 9.95. The molecule has 19 heavy (non-hydrogen) atoms. The number of halogens is 1. The zero-order chi connectivity index (χ0) is 14.5. The van der Waals surface area contributed by atoms with Crippen molar-refractivity contribution < 1.29 is 18.6 Å². The van der Waals surface area contributed by atoms with Crippen molar-refractivity contribution in [1.29, 1.82) is 0 Å². The van der Waals surface area contributed by atoms with Crippen molar-refractivity contribution in [3.05, 3.63) is 47.5 Å². The van der Waals surface area contributed by atoms with E-state index in [2.05, 4.69) is 6.58 Å². The molecular weight excluding hydrogens is 247 g/mol. The second-order valence-electron chi connectivity index (χ2n) is 4.36. The minimum atomic E-state index is -0.992. The first-order valence-electron chi connectivity index (χ1n) is 6.07. The minimum absolute atomic E-state index is 0.315. The summed E-state index contributed by atoms with van der Waals surface area (Å²) in [6, 6.07) is 4.57. The first-order valence-corrected chi connectivity index (χ1v) is 6.07. The third-order valence-corrected chi connectivity index (χ3v) is 3.29. The molecule has 0 bridgehead atoms. The average molecular weight is 268 g/mol. The van der Waals surface area contributed by atoms with Crippen molar-refractivity contribution in [2.75, 3.05) is 21.3 Å². The second-order valence-corrected chi connectivity index (χ2v) is 4.36. The molecule has 0 aliphatic heterocycles. The Morgan fingerprint density at radius 1 is 1.26 bits per heavy atom. The van der Waals surface area contributed by atoms with E-state index < -0.39 is 5.79 Å². The van der Waals surface area contributed by atoms with Crippen molar-refractivity contribution in [1.82, 2.24) is 0 Å². The first kappa shape index (κ1) is 15.7. The monoisotopic (exact) mass is 268 g/mol. The van der Waals surface area contributed by atoms with Gasteiger partial charge in [0, 0.05) is 32.6 Å². The number of allylic oxidation sites excluding steroid dienone is 1. The van der Waals surface area contributed by atoms with Gasteiger partial charge in [-0.1, -0.05) is 12.6 Å². The molecule has 3 nitrogen and oxygen atoms in total. The van der Waals surface area contributed by atoms with Crippen molar-refractivity contribution in [2.24, 2.45) is 0 Å². The summed E-state index contributed by atoms with van der Waals surface area (Å²) in [4.78, 5) is 0. The zero-order valence-corrected chi connectivity index (χ0v) is 12.0. The maximum Gasteiger partial charge on any atom is 0.195 e. The molecule has 0 radical (unpaired) electrons. The topological polar surface area (TPSA) is 27.7 Å². The van der Waals surface area contributed by atoms with E-state index in [1.807, 2.05) is 6.92 Å². The molecule has 0 heterocycles. The fourth-order valence-electron chi connectivity index (χ4n) is 2.05. The lowest BCUT2D eigenvalue weighted by Crippen LogP contribution is -2.32. The fourth-order valence-corrected chi connectivity index (χ4v) is 2.05. The lowest BCUT2D eigenvalue weighted by Gasteiger charge is -2.32. The fraction of sp³-hybridized carbons (Fsp3) is 0.467. The molecule has 0 aromatic heterocycles. The van der Waals surface area contributed by atoms with Gasteiger partial charge < -0.3 is 14.2 Å². The van der Waals surface area contributed by atoms with Crippen LogP contribution in [0.4, 0.5) is 4.39 Å². The van der Waals surface area contributed by atoms with E-state index in [0.29, 0.717) is 24.2 Å². The molecule has 0 atom stereocenters. The third kappa shape index (κ3) is 3.55. The van der Waals surface area contributed by atoms with Crippen molar-refractivity contribution in [2.45, 2.75) is 25.6 Å². The van der Waals surface area contributed by atoms with E-state index in [9.17, 15) is 4.39 Å². The van der Waals surface area contributed by atoms with Crippen LogP contribution in [0.15, 0.2) is 30.5 Å². The summed E-state index contributed by atoms with van der Waals surface area (Å²) in [6.45, 7) is 5.67. The molecule has 0 saturated heterocycles. The quantitative estimate of drug-likeness (QED) is 0.559. The lowest BCUT2D eigenvalue weighted by molar-refractivity contribution is -0.221. The second kappa shape index (κ2) is 6.68. The molecule has 0 aliphatic carbocycles. The molecule has 0 N–H and O–H groups in total. The van der Waals surface area contributed by atoms with E-state index in [0.717, 1.165) is 5.56 Å². The Balaban J connectivity index is 3.10. The van der Waals surface area contributed by atoms with Crippen LogP contribution in [0, 0.1) is 12.7 Å². The predicted molar refractivity (Wildman–Crippen MR) is 72.2 cm³/mol. The molecule has 0 fully saturated rings. The largest absolute Gasteiger partial charge is 0.502 e. The molecule has 0 aliphatic rings. The SMILES string of the molecule is C=C(CCC(OC)(OC)c1cc(F)ccc1C)OC. The van der Waals surface area contributed by atoms with Crippen LogP contribution in [-0.4, -0.2) is 21.3 Å². The van der Waals surface area contributed by atoms with Crippen molar-refractivity contribution in [3.63, 3.8) is 0 Å². The zero-order valence-electron chi connectivity index (χ0n) is 12.0. The molecule has 106 valence electrons. The first-order chi connectivity index (χ1) is 8.99. The highest BCUT2D eigenvalue weighted by atomic mass is 19.1. The number of hydrogen-bond donors (Lipinski definition) is 0. The number of rotatable bonds is 7. The molecule has 0 amide bonds. The van der Waals surface area contributed by atoms with E-state index >= 15 is 0 Å². The molecular formula is C15H21FO3. The molecule has 0 saturated carbocycles. The summed E-state index contributed by atoms with van der Waals surface area (Å²) in [5.74, 6) is -0.676. The highest BCUT2D eigenvalue weighted by molar-refractivity contribution is 5.31. The summed E-state index contributed by atoms with van der Waals surface area (Å²) in [6.07, 6.45) is 1.06. The maximum atomic E-state index is 13.5. The Kier molecular flexibility index (Phi) is 5.51. The predicted octanol–water partition coefficient (Wildman–Crippen LogP) is 3.52. The van der Waals surface area contributed by atoms with Gasteiger partial charge >= 0.3 is 0 Å². The molecule has 1 rings (SSSR count). The van der Waals surface area contributed by atoms with Crippen LogP contribution < -0.4 is 0 Å². The molecule has 0 unspecified atom stereocenters. The summed E-state index contributed by atoms with van der Waals surface area (Å²) in [5.41, 5.74) is 1.59. The highest BCUT2D eigenvalue weighted by Crippen LogP contribution is 2.34. The Morgan fingerprint density at radius 2 is 1.89 bits per heavy atom. The number of aryl methyl sites for hydroxylation is 1. The van der Waals surface area contributed by atoms with Gasteiger partial charge in [0.2, 0.25) is 0 Å². The summed E-state index contributed by atoms with van der Waals surface area (Å²) in [5, 5.41) is 0. The van der Waals surface area contributed by atoms with Gasteiger partial charge in [0.1, 0.15) is 5.82 Å². The Morgan fingerprint density at radius 3 is 2.42 bits per heavy atom. The number of ether oxygens (including phenoxy) is 3. The molecule has 4 heteroatoms. The third-order valence-electron chi connectivity index (χ3n) is 3.29. The van der Waals surface area contributed by atoms with E-state index in [1.165, 1.54) is 12.1 Å². The van der Waals surface area contributed by atoms with E-state index in [1.54, 1.807) is 27.4 Å². The van der Waals surface area contributed by atoms with E-state index in [4.69, 9.17) is 14.2 Å². The number of hydrogen-bond acceptors (Lipinski definition) is 3. The smallest absolute Gasteiger partial charge is 0.195 e. The molecule has 0 spiro atoms. The van der Waals surface area contributed by atoms with E-state index in [-0.39, 0.29) is 5.82 Å². The molecule has 1 aromatic rings. The van der Waals surface area contributed by atoms with Crippen molar-refractivity contribution >= 4 is 0 Å². The number of methoxy groups -OCH3 is 3. The van der Waals surface area contributed by atoms with Crippen LogP contribution in [0.1, 0.15) is 24.0 Å². The van der Waals surface area contributed by atoms with Crippen molar-refractivity contribution in [3.8, 4) is 0 Å². The van der Waals surface area contributed by atoms with Gasteiger partial charge in [-0.2, -0.15) is 0 Å². The Bertz CT molecular complexity index is 439. The van der Waals surface area contributed by atoms with Gasteiger partial charge in [0.05, 0.1) is 12.9 Å². The number of benzene rings is 1. The minimum Gasteiger partial charge on any atom is -0.502 e. The van der Waals surface area contributed by atoms with Gasteiger partial charge in [-0.05, 0) is 24.6 Å².